The molecule has 0 fully saturated rings. The number of thioether (sulfide) groups is 1. The molecule has 23 heavy (non-hydrogen) atoms. The first kappa shape index (κ1) is 18.6. The summed E-state index contributed by atoms with van der Waals surface area (Å²) in [4.78, 5) is 5.59. The molecule has 0 saturated heterocycles. The maximum atomic E-state index is 6.43. The Kier molecular flexibility index (Phi) is 7.21. The highest BCUT2D eigenvalue weighted by atomic mass is 35.5. The normalized spacial score (nSPS) is 14.0. The quantitative estimate of drug-likeness (QED) is 0.800. The average Bonchev–Trinajstić information content (AvgIpc) is 2.82. The third-order valence-corrected chi connectivity index (χ3v) is 5.33. The second kappa shape index (κ2) is 8.92. The van der Waals surface area contributed by atoms with Crippen LogP contribution in [0.25, 0.3) is 0 Å². The molecule has 1 N–H and O–H groups in total. The van der Waals surface area contributed by atoms with Crippen molar-refractivity contribution in [3.05, 3.63) is 40.0 Å². The van der Waals surface area contributed by atoms with Crippen LogP contribution in [0.15, 0.2) is 21.6 Å². The highest BCUT2D eigenvalue weighted by Crippen LogP contribution is 2.35. The predicted octanol–water partition coefficient (Wildman–Crippen LogP) is 4.08. The molecular weight excluding hydrogens is 353 g/mol. The second-order valence-electron chi connectivity index (χ2n) is 5.41. The van der Waals surface area contributed by atoms with E-state index in [1.165, 1.54) is 11.1 Å². The van der Waals surface area contributed by atoms with Crippen molar-refractivity contribution >= 4 is 35.8 Å². The molecule has 2 aromatic rings. The third-order valence-electron chi connectivity index (χ3n) is 3.76. The van der Waals surface area contributed by atoms with E-state index in [0.29, 0.717) is 11.6 Å². The molecule has 1 aromatic heterocycles. The van der Waals surface area contributed by atoms with Crippen LogP contribution in [0.5, 0.6) is 0 Å². The van der Waals surface area contributed by atoms with Crippen LogP contribution in [-0.4, -0.2) is 23.2 Å². The fraction of sp³-hybridized carbons (Fsp3) is 0.500. The number of benzene rings is 1. The standard InChI is InChI=1S/C16H20ClN3OS.ClH/c1-2-3-14-19-15(21-20-14)10-22-16-12-7-9-18-8-6-11(12)4-5-13(16)17;/h4-5,18H,2-3,6-10H2,1H3;1H. The number of hydrogen-bond acceptors (Lipinski definition) is 5. The van der Waals surface area contributed by atoms with E-state index in [1.54, 1.807) is 11.8 Å². The summed E-state index contributed by atoms with van der Waals surface area (Å²) in [6, 6.07) is 4.16. The van der Waals surface area contributed by atoms with E-state index in [-0.39, 0.29) is 12.4 Å². The Morgan fingerprint density at radius 2 is 2.13 bits per heavy atom. The molecule has 1 aromatic carbocycles. The minimum absolute atomic E-state index is 0. The van der Waals surface area contributed by atoms with E-state index >= 15 is 0 Å². The fourth-order valence-electron chi connectivity index (χ4n) is 2.67. The molecule has 7 heteroatoms. The Hall–Kier alpha value is -0.750. The van der Waals surface area contributed by atoms with Crippen LogP contribution in [0.1, 0.15) is 36.2 Å². The molecule has 3 rings (SSSR count). The number of aryl methyl sites for hydroxylation is 1. The van der Waals surface area contributed by atoms with Gasteiger partial charge in [0.15, 0.2) is 5.82 Å². The molecule has 126 valence electrons. The van der Waals surface area contributed by atoms with Gasteiger partial charge in [-0.1, -0.05) is 29.7 Å². The Balaban J connectivity index is 0.00000192. The van der Waals surface area contributed by atoms with Crippen LogP contribution in [0.4, 0.5) is 0 Å². The van der Waals surface area contributed by atoms with E-state index < -0.39 is 0 Å². The molecule has 0 spiro atoms. The van der Waals surface area contributed by atoms with Gasteiger partial charge in [-0.3, -0.25) is 0 Å². The SMILES string of the molecule is CCCc1noc(CSc2c(Cl)ccc3c2CCNCC3)n1.Cl. The van der Waals surface area contributed by atoms with Crippen molar-refractivity contribution in [3.63, 3.8) is 0 Å². The van der Waals surface area contributed by atoms with Gasteiger partial charge in [-0.15, -0.1) is 24.2 Å². The molecule has 2 heterocycles. The first-order valence-electron chi connectivity index (χ1n) is 7.73. The maximum Gasteiger partial charge on any atom is 0.237 e. The lowest BCUT2D eigenvalue weighted by Gasteiger charge is -2.12. The molecule has 0 radical (unpaired) electrons. The lowest BCUT2D eigenvalue weighted by Crippen LogP contribution is -2.16. The first-order valence-corrected chi connectivity index (χ1v) is 9.09. The molecule has 1 aliphatic rings. The van der Waals surface area contributed by atoms with Gasteiger partial charge < -0.3 is 9.84 Å². The fourth-order valence-corrected chi connectivity index (χ4v) is 4.01. The zero-order valence-corrected chi connectivity index (χ0v) is 15.5. The van der Waals surface area contributed by atoms with Gasteiger partial charge in [-0.05, 0) is 49.5 Å². The summed E-state index contributed by atoms with van der Waals surface area (Å²) in [5.74, 6) is 2.13. The van der Waals surface area contributed by atoms with Crippen LogP contribution >= 0.6 is 35.8 Å². The van der Waals surface area contributed by atoms with E-state index in [2.05, 4.69) is 28.4 Å². The summed E-state index contributed by atoms with van der Waals surface area (Å²) in [5.41, 5.74) is 2.77. The average molecular weight is 374 g/mol. The Morgan fingerprint density at radius 3 is 2.96 bits per heavy atom. The number of aromatic nitrogens is 2. The van der Waals surface area contributed by atoms with Gasteiger partial charge in [-0.2, -0.15) is 4.98 Å². The monoisotopic (exact) mass is 373 g/mol. The summed E-state index contributed by atoms with van der Waals surface area (Å²) >= 11 is 8.13. The second-order valence-corrected chi connectivity index (χ2v) is 6.80. The number of halogens is 2. The lowest BCUT2D eigenvalue weighted by atomic mass is 10.0. The van der Waals surface area contributed by atoms with Crippen molar-refractivity contribution in [3.8, 4) is 0 Å². The molecule has 0 bridgehead atoms. The molecule has 0 unspecified atom stereocenters. The summed E-state index contributed by atoms with van der Waals surface area (Å²) in [5, 5.41) is 8.26. The van der Waals surface area contributed by atoms with E-state index in [1.807, 2.05) is 6.07 Å². The molecule has 1 aliphatic heterocycles. The minimum atomic E-state index is 0. The van der Waals surface area contributed by atoms with E-state index in [4.69, 9.17) is 16.1 Å². The first-order chi connectivity index (χ1) is 10.8. The summed E-state index contributed by atoms with van der Waals surface area (Å²) in [7, 11) is 0. The molecule has 0 aliphatic carbocycles. The van der Waals surface area contributed by atoms with Gasteiger partial charge in [0, 0.05) is 11.3 Å². The Labute approximate surface area is 152 Å². The van der Waals surface area contributed by atoms with Gasteiger partial charge >= 0.3 is 0 Å². The number of nitrogens with zero attached hydrogens (tertiary/aromatic N) is 2. The summed E-state index contributed by atoms with van der Waals surface area (Å²) < 4.78 is 5.31. The van der Waals surface area contributed by atoms with Crippen molar-refractivity contribution in [1.82, 2.24) is 15.5 Å². The lowest BCUT2D eigenvalue weighted by molar-refractivity contribution is 0.384. The van der Waals surface area contributed by atoms with Gasteiger partial charge in [-0.25, -0.2) is 0 Å². The third kappa shape index (κ3) is 4.63. The number of nitrogens with one attached hydrogen (secondary N) is 1. The minimum Gasteiger partial charge on any atom is -0.338 e. The number of fused-ring (bicyclic) bond motifs is 1. The zero-order chi connectivity index (χ0) is 15.4. The smallest absolute Gasteiger partial charge is 0.237 e. The molecule has 0 amide bonds. The van der Waals surface area contributed by atoms with Crippen LogP contribution in [0.2, 0.25) is 5.02 Å². The van der Waals surface area contributed by atoms with E-state index in [9.17, 15) is 0 Å². The van der Waals surface area contributed by atoms with Crippen LogP contribution < -0.4 is 5.32 Å². The van der Waals surface area contributed by atoms with Crippen molar-refractivity contribution in [1.29, 1.82) is 0 Å². The zero-order valence-electron chi connectivity index (χ0n) is 13.1. The largest absolute Gasteiger partial charge is 0.338 e. The summed E-state index contributed by atoms with van der Waals surface area (Å²) in [6.45, 7) is 4.14. The predicted molar refractivity (Wildman–Crippen MR) is 96.8 cm³/mol. The molecule has 0 atom stereocenters. The molecule has 0 saturated carbocycles. The van der Waals surface area contributed by atoms with Crippen LogP contribution in [0.3, 0.4) is 0 Å². The van der Waals surface area contributed by atoms with Crippen LogP contribution in [-0.2, 0) is 25.0 Å². The van der Waals surface area contributed by atoms with Gasteiger partial charge in [0.25, 0.3) is 0 Å². The van der Waals surface area contributed by atoms with Gasteiger partial charge in [0.2, 0.25) is 5.89 Å². The van der Waals surface area contributed by atoms with Crippen molar-refractivity contribution in [2.24, 2.45) is 0 Å². The molecule has 4 nitrogen and oxygen atoms in total. The maximum absolute atomic E-state index is 6.43. The van der Waals surface area contributed by atoms with E-state index in [0.717, 1.165) is 54.5 Å². The van der Waals surface area contributed by atoms with Crippen molar-refractivity contribution in [2.75, 3.05) is 13.1 Å². The summed E-state index contributed by atoms with van der Waals surface area (Å²) in [6.07, 6.45) is 3.96. The molecular formula is C16H21Cl2N3OS. The van der Waals surface area contributed by atoms with Crippen molar-refractivity contribution < 1.29 is 4.52 Å². The van der Waals surface area contributed by atoms with Gasteiger partial charge in [0.05, 0.1) is 10.8 Å². The Morgan fingerprint density at radius 1 is 1.30 bits per heavy atom. The highest BCUT2D eigenvalue weighted by Gasteiger charge is 2.16. The Bertz CT molecular complexity index is 648. The van der Waals surface area contributed by atoms with Crippen LogP contribution in [0, 0.1) is 0 Å². The highest BCUT2D eigenvalue weighted by molar-refractivity contribution is 7.98. The topological polar surface area (TPSA) is 51.0 Å². The van der Waals surface area contributed by atoms with Crippen molar-refractivity contribution in [2.45, 2.75) is 43.3 Å². The number of hydrogen-bond donors (Lipinski definition) is 1. The van der Waals surface area contributed by atoms with Gasteiger partial charge in [0.1, 0.15) is 0 Å². The number of rotatable bonds is 5.